The highest BCUT2D eigenvalue weighted by Crippen LogP contribution is 2.29. The smallest absolute Gasteiger partial charge is 0.407 e. The molecule has 2 amide bonds. The second-order valence-electron chi connectivity index (χ2n) is 14.0. The topological polar surface area (TPSA) is 128 Å². The number of hydrogen-bond donors (Lipinski definition) is 5. The largest absolute Gasteiger partial charge is 0.445 e. The summed E-state index contributed by atoms with van der Waals surface area (Å²) in [6, 6.07) is 8.87. The van der Waals surface area contributed by atoms with Crippen LogP contribution in [0.15, 0.2) is 54.5 Å². The fourth-order valence-electron chi connectivity index (χ4n) is 6.12. The lowest BCUT2D eigenvalue weighted by Gasteiger charge is -2.32. The number of carbonyl (C=O) groups is 2. The maximum absolute atomic E-state index is 14.0. The van der Waals surface area contributed by atoms with Crippen molar-refractivity contribution in [2.45, 2.75) is 129 Å². The van der Waals surface area contributed by atoms with Crippen LogP contribution in [0.1, 0.15) is 97.7 Å². The van der Waals surface area contributed by atoms with Crippen molar-refractivity contribution in [1.82, 2.24) is 25.9 Å². The Hall–Kier alpha value is -3.17. The van der Waals surface area contributed by atoms with Crippen molar-refractivity contribution in [3.63, 3.8) is 0 Å². The van der Waals surface area contributed by atoms with E-state index in [2.05, 4.69) is 45.8 Å². The molecule has 1 aromatic heterocycles. The Kier molecular flexibility index (Phi) is 14.6. The summed E-state index contributed by atoms with van der Waals surface area (Å²) >= 11 is 0. The van der Waals surface area contributed by atoms with Gasteiger partial charge in [0.15, 0.2) is 0 Å². The van der Waals surface area contributed by atoms with Gasteiger partial charge in [0.1, 0.15) is 6.10 Å². The van der Waals surface area contributed by atoms with Gasteiger partial charge in [-0.15, -0.1) is 0 Å². The van der Waals surface area contributed by atoms with Gasteiger partial charge >= 0.3 is 6.09 Å². The van der Waals surface area contributed by atoms with Crippen LogP contribution in [0.5, 0.6) is 0 Å². The molecule has 1 aliphatic carbocycles. The summed E-state index contributed by atoms with van der Waals surface area (Å²) in [4.78, 5) is 34.1. The van der Waals surface area contributed by atoms with Gasteiger partial charge in [-0.3, -0.25) is 4.79 Å². The Bertz CT molecular complexity index is 1170. The molecule has 45 heavy (non-hydrogen) atoms. The second kappa shape index (κ2) is 18.1. The highest BCUT2D eigenvalue weighted by molar-refractivity contribution is 5.82. The molecule has 1 fully saturated rings. The van der Waals surface area contributed by atoms with E-state index in [1.165, 1.54) is 24.8 Å². The summed E-state index contributed by atoms with van der Waals surface area (Å²) in [5.74, 6) is 0.618. The summed E-state index contributed by atoms with van der Waals surface area (Å²) in [6.07, 6.45) is 11.7. The van der Waals surface area contributed by atoms with E-state index in [-0.39, 0.29) is 18.5 Å². The maximum atomic E-state index is 14.0. The van der Waals surface area contributed by atoms with Crippen LogP contribution in [0, 0.1) is 11.8 Å². The standard InChI is InChI=1S/C36H57N5O4/c1-7-28(25(2)3)20-33(42)31(19-27-16-12-9-13-17-27)40-34(43)32(21-29-22-37-24-39-29)38-23-30(18-26-14-10-8-11-15-26)45-35(44)41-36(4,5)6/h7-8,10-11,14-15,22,24-25,27,30-33,38,42H,9,12-13,16-21,23H2,1-6H3,(H,37,39)(H,40,43)(H,41,44)/t30-,31-,32-,33-/m0/s1. The molecule has 1 aliphatic rings. The summed E-state index contributed by atoms with van der Waals surface area (Å²) in [7, 11) is 0. The number of nitrogens with zero attached hydrogens (tertiary/aromatic N) is 1. The van der Waals surface area contributed by atoms with Crippen LogP contribution in [-0.2, 0) is 22.4 Å². The van der Waals surface area contributed by atoms with E-state index in [9.17, 15) is 14.7 Å². The molecule has 0 bridgehead atoms. The van der Waals surface area contributed by atoms with Crippen LogP contribution in [0.4, 0.5) is 4.79 Å². The number of amides is 2. The minimum atomic E-state index is -0.687. The van der Waals surface area contributed by atoms with E-state index in [1.807, 2.05) is 58.0 Å². The van der Waals surface area contributed by atoms with Gasteiger partial charge in [0.25, 0.3) is 0 Å². The van der Waals surface area contributed by atoms with E-state index in [0.717, 1.165) is 30.5 Å². The van der Waals surface area contributed by atoms with Gasteiger partial charge in [0.05, 0.1) is 24.5 Å². The third-order valence-corrected chi connectivity index (χ3v) is 8.61. The Morgan fingerprint density at radius 1 is 1.11 bits per heavy atom. The second-order valence-corrected chi connectivity index (χ2v) is 14.0. The number of H-pyrrole nitrogens is 1. The summed E-state index contributed by atoms with van der Waals surface area (Å²) in [5.41, 5.74) is 2.59. The number of imidazole rings is 1. The predicted molar refractivity (Wildman–Crippen MR) is 180 cm³/mol. The minimum Gasteiger partial charge on any atom is -0.445 e. The summed E-state index contributed by atoms with van der Waals surface area (Å²) < 4.78 is 5.88. The van der Waals surface area contributed by atoms with Crippen LogP contribution < -0.4 is 16.0 Å². The number of allylic oxidation sites excluding steroid dienone is 1. The van der Waals surface area contributed by atoms with E-state index >= 15 is 0 Å². The first-order valence-corrected chi connectivity index (χ1v) is 16.8. The molecule has 4 atom stereocenters. The van der Waals surface area contributed by atoms with E-state index < -0.39 is 29.9 Å². The molecule has 0 aliphatic heterocycles. The van der Waals surface area contributed by atoms with E-state index in [1.54, 1.807) is 12.5 Å². The molecule has 250 valence electrons. The molecule has 1 heterocycles. The number of aromatic nitrogens is 2. The van der Waals surface area contributed by atoms with Crippen molar-refractivity contribution in [3.05, 3.63) is 65.8 Å². The Morgan fingerprint density at radius 2 is 1.82 bits per heavy atom. The van der Waals surface area contributed by atoms with Crippen molar-refractivity contribution >= 4 is 12.0 Å². The minimum absolute atomic E-state index is 0.186. The Morgan fingerprint density at radius 3 is 2.42 bits per heavy atom. The number of carbonyl (C=O) groups excluding carboxylic acids is 2. The maximum Gasteiger partial charge on any atom is 0.407 e. The van der Waals surface area contributed by atoms with Crippen molar-refractivity contribution in [2.75, 3.05) is 6.54 Å². The fraction of sp³-hybridized carbons (Fsp3) is 0.639. The lowest BCUT2D eigenvalue weighted by Crippen LogP contribution is -2.54. The summed E-state index contributed by atoms with van der Waals surface area (Å²) in [6.45, 7) is 12.3. The van der Waals surface area contributed by atoms with Crippen LogP contribution in [0.2, 0.25) is 0 Å². The molecular weight excluding hydrogens is 566 g/mol. The normalized spacial score (nSPS) is 17.4. The number of nitrogens with one attached hydrogen (secondary N) is 4. The van der Waals surface area contributed by atoms with Crippen LogP contribution in [-0.4, -0.2) is 63.5 Å². The van der Waals surface area contributed by atoms with Crippen LogP contribution in [0.25, 0.3) is 0 Å². The van der Waals surface area contributed by atoms with Gasteiger partial charge in [-0.2, -0.15) is 0 Å². The van der Waals surface area contributed by atoms with E-state index in [4.69, 9.17) is 4.74 Å². The highest BCUT2D eigenvalue weighted by atomic mass is 16.6. The van der Waals surface area contributed by atoms with E-state index in [0.29, 0.717) is 31.1 Å². The Labute approximate surface area is 270 Å². The number of aliphatic hydroxyl groups excluding tert-OH is 1. The van der Waals surface area contributed by atoms with Gasteiger partial charge in [0, 0.05) is 36.8 Å². The SMILES string of the molecule is CC=C(C[C@H](O)[C@H](CC1CCCCC1)NC(=O)[C@H](Cc1cnc[nH]1)NC[C@H](Cc1ccccc1)OC(=O)NC(C)(C)C)C(C)C. The zero-order chi connectivity index (χ0) is 32.8. The molecule has 1 saturated carbocycles. The molecule has 0 unspecified atom stereocenters. The Balaban J connectivity index is 1.79. The number of alkyl carbamates (subject to hydrolysis) is 1. The van der Waals surface area contributed by atoms with Gasteiger partial charge < -0.3 is 30.8 Å². The summed E-state index contributed by atoms with van der Waals surface area (Å²) in [5, 5.41) is 21.0. The monoisotopic (exact) mass is 623 g/mol. The number of hydrogen-bond acceptors (Lipinski definition) is 6. The first-order valence-electron chi connectivity index (χ1n) is 16.8. The molecule has 2 aromatic rings. The number of aliphatic hydroxyl groups is 1. The zero-order valence-corrected chi connectivity index (χ0v) is 28.3. The third kappa shape index (κ3) is 13.4. The number of aromatic amines is 1. The lowest BCUT2D eigenvalue weighted by molar-refractivity contribution is -0.125. The van der Waals surface area contributed by atoms with Crippen molar-refractivity contribution < 1.29 is 19.4 Å². The molecule has 9 nitrogen and oxygen atoms in total. The number of benzene rings is 1. The molecule has 5 N–H and O–H groups in total. The van der Waals surface area contributed by atoms with Gasteiger partial charge in [-0.1, -0.05) is 87.9 Å². The third-order valence-electron chi connectivity index (χ3n) is 8.61. The molecule has 9 heteroatoms. The van der Waals surface area contributed by atoms with Crippen molar-refractivity contribution in [2.24, 2.45) is 11.8 Å². The van der Waals surface area contributed by atoms with Crippen LogP contribution >= 0.6 is 0 Å². The van der Waals surface area contributed by atoms with Gasteiger partial charge in [-0.05, 0) is 57.9 Å². The van der Waals surface area contributed by atoms with Crippen molar-refractivity contribution in [1.29, 1.82) is 0 Å². The average Bonchev–Trinajstić information content (AvgIpc) is 3.50. The molecule has 3 rings (SSSR count). The predicted octanol–water partition coefficient (Wildman–Crippen LogP) is 5.85. The quantitative estimate of drug-likeness (QED) is 0.149. The van der Waals surface area contributed by atoms with Crippen molar-refractivity contribution in [3.8, 4) is 0 Å². The zero-order valence-electron chi connectivity index (χ0n) is 28.3. The number of rotatable bonds is 16. The first-order chi connectivity index (χ1) is 21.4. The average molecular weight is 624 g/mol. The fourth-order valence-corrected chi connectivity index (χ4v) is 6.12. The highest BCUT2D eigenvalue weighted by Gasteiger charge is 2.31. The van der Waals surface area contributed by atoms with Gasteiger partial charge in [0.2, 0.25) is 5.91 Å². The molecule has 0 saturated heterocycles. The molecule has 0 radical (unpaired) electrons. The molecular formula is C36H57N5O4. The first kappa shape index (κ1) is 36.3. The lowest BCUT2D eigenvalue weighted by atomic mass is 9.82. The number of ether oxygens (including phenoxy) is 1. The van der Waals surface area contributed by atoms with Gasteiger partial charge in [-0.25, -0.2) is 9.78 Å². The molecule has 1 aromatic carbocycles. The van der Waals surface area contributed by atoms with Crippen LogP contribution in [0.3, 0.4) is 0 Å². The molecule has 0 spiro atoms.